The highest BCUT2D eigenvalue weighted by Crippen LogP contribution is 2.21. The second-order valence-electron chi connectivity index (χ2n) is 6.45. The van der Waals surface area contributed by atoms with Crippen LogP contribution >= 0.6 is 28.1 Å². The van der Waals surface area contributed by atoms with Gasteiger partial charge in [0.25, 0.3) is 0 Å². The van der Waals surface area contributed by atoms with Gasteiger partial charge in [0.05, 0.1) is 0 Å². The minimum Gasteiger partial charge on any atom is -0.344 e. The first-order chi connectivity index (χ1) is 12.2. The van der Waals surface area contributed by atoms with Crippen LogP contribution in [0.2, 0.25) is 0 Å². The lowest BCUT2D eigenvalue weighted by Gasteiger charge is -2.30. The molecule has 0 fully saturated rings. The molecule has 0 heterocycles. The molecule has 0 amide bonds. The van der Waals surface area contributed by atoms with Gasteiger partial charge < -0.3 is 10.2 Å². The molecule has 0 saturated heterocycles. The first-order valence-corrected chi connectivity index (χ1v) is 9.91. The van der Waals surface area contributed by atoms with Crippen molar-refractivity contribution in [3.05, 3.63) is 76.8 Å². The van der Waals surface area contributed by atoms with Crippen LogP contribution in [0.4, 0.5) is 5.69 Å². The summed E-state index contributed by atoms with van der Waals surface area (Å²) in [5.74, 6) is 0.665. The Kier molecular flexibility index (Phi) is 6.65. The van der Waals surface area contributed by atoms with Crippen LogP contribution in [0, 0.1) is 5.92 Å². The zero-order valence-corrected chi connectivity index (χ0v) is 16.6. The lowest BCUT2D eigenvalue weighted by molar-refractivity contribution is 0.319. The van der Waals surface area contributed by atoms with E-state index in [-0.39, 0.29) is 0 Å². The molecule has 0 aromatic heterocycles. The van der Waals surface area contributed by atoms with Crippen molar-refractivity contribution in [3.63, 3.8) is 0 Å². The SMILES string of the molecule is S=C(Nc1ccc(Br)cc1)N(Cc1ccccc1)C[C@H]1CC=CCC1. The number of thiocarbonyl (C=S) groups is 1. The van der Waals surface area contributed by atoms with Gasteiger partial charge in [-0.1, -0.05) is 58.4 Å². The monoisotopic (exact) mass is 414 g/mol. The van der Waals surface area contributed by atoms with Crippen LogP contribution in [0.5, 0.6) is 0 Å². The predicted molar refractivity (Wildman–Crippen MR) is 114 cm³/mol. The molecule has 2 nitrogen and oxygen atoms in total. The first-order valence-electron chi connectivity index (χ1n) is 8.71. The number of hydrogen-bond acceptors (Lipinski definition) is 1. The summed E-state index contributed by atoms with van der Waals surface area (Å²) in [7, 11) is 0. The molecule has 3 rings (SSSR count). The molecular weight excluding hydrogens is 392 g/mol. The normalized spacial score (nSPS) is 16.4. The Morgan fingerprint density at radius 1 is 1.08 bits per heavy atom. The quantitative estimate of drug-likeness (QED) is 0.476. The van der Waals surface area contributed by atoms with Gasteiger partial charge in [-0.2, -0.15) is 0 Å². The summed E-state index contributed by atoms with van der Waals surface area (Å²) in [5, 5.41) is 4.19. The number of anilines is 1. The van der Waals surface area contributed by atoms with Crippen LogP contribution in [0.15, 0.2) is 71.2 Å². The maximum absolute atomic E-state index is 5.74. The van der Waals surface area contributed by atoms with Crippen molar-refractivity contribution < 1.29 is 0 Å². The molecule has 0 aliphatic heterocycles. The van der Waals surface area contributed by atoms with Gasteiger partial charge in [0, 0.05) is 23.2 Å². The molecule has 1 aliphatic carbocycles. The number of hydrogen-bond donors (Lipinski definition) is 1. The van der Waals surface area contributed by atoms with Crippen molar-refractivity contribution in [3.8, 4) is 0 Å². The molecule has 0 radical (unpaired) electrons. The molecule has 2 aromatic rings. The standard InChI is InChI=1S/C21H23BrN2S/c22-19-11-13-20(14-12-19)23-21(25)24(15-17-7-3-1-4-8-17)16-18-9-5-2-6-10-18/h1-5,7-8,11-14,18H,6,9-10,15-16H2,(H,23,25)/t18-/m0/s1. The Labute approximate surface area is 164 Å². The summed E-state index contributed by atoms with van der Waals surface area (Å²) in [6.45, 7) is 1.82. The second kappa shape index (κ2) is 9.16. The number of rotatable bonds is 5. The van der Waals surface area contributed by atoms with E-state index in [4.69, 9.17) is 12.2 Å². The summed E-state index contributed by atoms with van der Waals surface area (Å²) in [6, 6.07) is 18.7. The maximum atomic E-state index is 5.74. The van der Waals surface area contributed by atoms with Gasteiger partial charge in [0.15, 0.2) is 5.11 Å². The minimum atomic E-state index is 0.665. The van der Waals surface area contributed by atoms with Crippen LogP contribution in [0.1, 0.15) is 24.8 Å². The van der Waals surface area contributed by atoms with Gasteiger partial charge in [-0.15, -0.1) is 0 Å². The fraction of sp³-hybridized carbons (Fsp3) is 0.286. The zero-order valence-electron chi connectivity index (χ0n) is 14.2. The number of nitrogens with zero attached hydrogens (tertiary/aromatic N) is 1. The average molecular weight is 415 g/mol. The Bertz CT molecular complexity index is 712. The van der Waals surface area contributed by atoms with Crippen molar-refractivity contribution in [2.24, 2.45) is 5.92 Å². The second-order valence-corrected chi connectivity index (χ2v) is 7.76. The summed E-state index contributed by atoms with van der Waals surface area (Å²) in [6.07, 6.45) is 8.15. The Morgan fingerprint density at radius 2 is 1.84 bits per heavy atom. The van der Waals surface area contributed by atoms with Gasteiger partial charge >= 0.3 is 0 Å². The van der Waals surface area contributed by atoms with Crippen LogP contribution in [0.25, 0.3) is 0 Å². The Morgan fingerprint density at radius 3 is 2.52 bits per heavy atom. The molecule has 0 unspecified atom stereocenters. The third kappa shape index (κ3) is 5.68. The maximum Gasteiger partial charge on any atom is 0.173 e. The van der Waals surface area contributed by atoms with Gasteiger partial charge in [0.2, 0.25) is 0 Å². The molecule has 0 spiro atoms. The first kappa shape index (κ1) is 18.2. The lowest BCUT2D eigenvalue weighted by atomic mass is 9.94. The van der Waals surface area contributed by atoms with Crippen LogP contribution in [-0.2, 0) is 6.54 Å². The Hall–Kier alpha value is -1.65. The van der Waals surface area contributed by atoms with Gasteiger partial charge in [-0.25, -0.2) is 0 Å². The largest absolute Gasteiger partial charge is 0.344 e. The molecule has 130 valence electrons. The minimum absolute atomic E-state index is 0.665. The van der Waals surface area contributed by atoms with Gasteiger partial charge in [-0.05, 0) is 67.2 Å². The van der Waals surface area contributed by atoms with E-state index in [1.165, 1.54) is 18.4 Å². The molecule has 1 N–H and O–H groups in total. The summed E-state index contributed by atoms with van der Waals surface area (Å²) >= 11 is 9.22. The smallest absolute Gasteiger partial charge is 0.173 e. The molecule has 0 saturated carbocycles. The molecule has 25 heavy (non-hydrogen) atoms. The number of halogens is 1. The summed E-state index contributed by atoms with van der Waals surface area (Å²) < 4.78 is 1.07. The van der Waals surface area contributed by atoms with Gasteiger partial charge in [-0.3, -0.25) is 0 Å². The third-order valence-corrected chi connectivity index (χ3v) is 5.34. The van der Waals surface area contributed by atoms with Crippen molar-refractivity contribution in [2.75, 3.05) is 11.9 Å². The van der Waals surface area contributed by atoms with E-state index >= 15 is 0 Å². The van der Waals surface area contributed by atoms with Crippen LogP contribution in [0.3, 0.4) is 0 Å². The van der Waals surface area contributed by atoms with Gasteiger partial charge in [0.1, 0.15) is 0 Å². The van der Waals surface area contributed by atoms with E-state index in [0.717, 1.165) is 34.8 Å². The van der Waals surface area contributed by atoms with Crippen molar-refractivity contribution >= 4 is 38.9 Å². The molecule has 0 bridgehead atoms. The van der Waals surface area contributed by atoms with E-state index in [1.807, 2.05) is 24.3 Å². The highest BCUT2D eigenvalue weighted by molar-refractivity contribution is 9.10. The van der Waals surface area contributed by atoms with Crippen LogP contribution < -0.4 is 5.32 Å². The molecule has 2 aromatic carbocycles. The molecule has 4 heteroatoms. The summed E-state index contributed by atoms with van der Waals surface area (Å²) in [4.78, 5) is 2.30. The highest BCUT2D eigenvalue weighted by Gasteiger charge is 2.18. The highest BCUT2D eigenvalue weighted by atomic mass is 79.9. The van der Waals surface area contributed by atoms with E-state index in [1.54, 1.807) is 0 Å². The van der Waals surface area contributed by atoms with E-state index < -0.39 is 0 Å². The zero-order chi connectivity index (χ0) is 17.5. The molecule has 1 atom stereocenters. The number of benzene rings is 2. The van der Waals surface area contributed by atoms with E-state index in [0.29, 0.717) is 5.92 Å². The number of nitrogens with one attached hydrogen (secondary N) is 1. The van der Waals surface area contributed by atoms with E-state index in [2.05, 4.69) is 68.6 Å². The van der Waals surface area contributed by atoms with Crippen molar-refractivity contribution in [2.45, 2.75) is 25.8 Å². The topological polar surface area (TPSA) is 15.3 Å². The van der Waals surface area contributed by atoms with E-state index in [9.17, 15) is 0 Å². The third-order valence-electron chi connectivity index (χ3n) is 4.46. The molecule has 1 aliphatic rings. The fourth-order valence-electron chi connectivity index (χ4n) is 3.09. The van der Waals surface area contributed by atoms with Crippen LogP contribution in [-0.4, -0.2) is 16.6 Å². The van der Waals surface area contributed by atoms with Crippen molar-refractivity contribution in [1.29, 1.82) is 0 Å². The summed E-state index contributed by atoms with van der Waals surface area (Å²) in [5.41, 5.74) is 2.31. The number of allylic oxidation sites excluding steroid dienone is 2. The fourth-order valence-corrected chi connectivity index (χ4v) is 3.61. The average Bonchev–Trinajstić information content (AvgIpc) is 2.65. The lowest BCUT2D eigenvalue weighted by Crippen LogP contribution is -2.38. The Balaban J connectivity index is 1.70. The predicted octanol–water partition coefficient (Wildman–Crippen LogP) is 6.00. The van der Waals surface area contributed by atoms with Crippen molar-refractivity contribution in [1.82, 2.24) is 4.90 Å². The molecular formula is C21H23BrN2S.